The first-order valence-electron chi connectivity index (χ1n) is 6.71. The molecule has 0 aliphatic heterocycles. The van der Waals surface area contributed by atoms with E-state index in [1.54, 1.807) is 0 Å². The summed E-state index contributed by atoms with van der Waals surface area (Å²) in [7, 11) is 17.0. The van der Waals surface area contributed by atoms with Crippen LogP contribution in [0.2, 0.25) is 0 Å². The number of carboxylic acid groups (broad SMARTS) is 3. The first-order valence-corrected chi connectivity index (χ1v) is 6.71. The second kappa shape index (κ2) is 10.1. The van der Waals surface area contributed by atoms with Crippen LogP contribution in [0.1, 0.15) is 12.8 Å². The third-order valence-electron chi connectivity index (χ3n) is 1.26. The Bertz CT molecular complexity index is 355. The van der Waals surface area contributed by atoms with Crippen molar-refractivity contribution in [2.45, 2.75) is 18.4 Å². The molecule has 138 valence electrons. The van der Waals surface area contributed by atoms with Crippen molar-refractivity contribution in [3.8, 4) is 0 Å². The van der Waals surface area contributed by atoms with E-state index >= 15 is 0 Å². The largest absolute Gasteiger partial charge is 0.550 e. The molecule has 0 fully saturated rings. The maximum atomic E-state index is 10.2. The maximum absolute atomic E-state index is 10.2. The van der Waals surface area contributed by atoms with Gasteiger partial charge in [0.15, 0.2) is 0 Å². The summed E-state index contributed by atoms with van der Waals surface area (Å²) in [6.45, 7) is 0. The van der Waals surface area contributed by atoms with E-state index in [1.807, 2.05) is 0 Å². The smallest absolute Gasteiger partial charge is 0.306 e. The summed E-state index contributed by atoms with van der Waals surface area (Å²) in [6, 6.07) is 0. The van der Waals surface area contributed by atoms with Crippen LogP contribution in [0, 0.1) is 0 Å². The summed E-state index contributed by atoms with van der Waals surface area (Å²) < 4.78 is 2.00. The SMILES string of the molecule is C[N+](C)(C)C.C[N+](C)(C)C.O=C([O-])CC(O)(CC(=O)O)C(=O)[O-]. The second-order valence-electron chi connectivity index (χ2n) is 7.80. The first-order chi connectivity index (χ1) is 9.78. The van der Waals surface area contributed by atoms with Gasteiger partial charge in [-0.05, 0) is 0 Å². The average molecular weight is 338 g/mol. The molecule has 9 heteroatoms. The molecule has 0 bridgehead atoms. The number of carbonyl (C=O) groups is 3. The second-order valence-corrected chi connectivity index (χ2v) is 7.80. The minimum Gasteiger partial charge on any atom is -0.550 e. The zero-order valence-electron chi connectivity index (χ0n) is 15.2. The maximum Gasteiger partial charge on any atom is 0.306 e. The number of aliphatic carboxylic acids is 3. The lowest BCUT2D eigenvalue weighted by Gasteiger charge is -2.27. The van der Waals surface area contributed by atoms with Crippen LogP contribution in [0.3, 0.4) is 0 Å². The zero-order valence-corrected chi connectivity index (χ0v) is 15.2. The van der Waals surface area contributed by atoms with Gasteiger partial charge >= 0.3 is 5.97 Å². The highest BCUT2D eigenvalue weighted by atomic mass is 16.4. The lowest BCUT2D eigenvalue weighted by molar-refractivity contribution is -0.849. The lowest BCUT2D eigenvalue weighted by Crippen LogP contribution is -2.52. The van der Waals surface area contributed by atoms with Crippen molar-refractivity contribution in [3.05, 3.63) is 0 Å². The molecule has 0 saturated heterocycles. The van der Waals surface area contributed by atoms with Crippen LogP contribution in [-0.2, 0) is 14.4 Å². The predicted molar refractivity (Wildman–Crippen MR) is 79.7 cm³/mol. The van der Waals surface area contributed by atoms with Crippen LogP contribution in [0.25, 0.3) is 0 Å². The number of quaternary nitrogens is 2. The van der Waals surface area contributed by atoms with Gasteiger partial charge in [0.1, 0.15) is 5.60 Å². The van der Waals surface area contributed by atoms with Crippen LogP contribution in [0.15, 0.2) is 0 Å². The molecule has 1 unspecified atom stereocenters. The van der Waals surface area contributed by atoms with Gasteiger partial charge in [-0.3, -0.25) is 4.79 Å². The Labute approximate surface area is 137 Å². The predicted octanol–water partition coefficient (Wildman–Crippen LogP) is -3.27. The molecule has 1 atom stereocenters. The topological polar surface area (TPSA) is 138 Å². The van der Waals surface area contributed by atoms with Crippen LogP contribution >= 0.6 is 0 Å². The standard InChI is InChI=1S/C6H8O7.2C4H12N/c7-3(8)1-6(13,5(11)12)2-4(9)10;2*1-5(2,3)4/h13H,1-2H2,(H,7,8)(H,9,10)(H,11,12);2*1-4H3/q;2*+1/p-2. The van der Waals surface area contributed by atoms with Crippen molar-refractivity contribution in [1.82, 2.24) is 0 Å². The van der Waals surface area contributed by atoms with Crippen LogP contribution in [0.5, 0.6) is 0 Å². The van der Waals surface area contributed by atoms with Crippen molar-refractivity contribution in [2.24, 2.45) is 0 Å². The fourth-order valence-electron chi connectivity index (χ4n) is 0.696. The molecule has 0 amide bonds. The third kappa shape index (κ3) is 33.2. The molecule has 0 aromatic heterocycles. The van der Waals surface area contributed by atoms with Crippen molar-refractivity contribution < 1.29 is 43.8 Å². The minimum absolute atomic E-state index is 1.00. The number of carboxylic acids is 3. The quantitative estimate of drug-likeness (QED) is 0.501. The van der Waals surface area contributed by atoms with Gasteiger partial charge in [0.05, 0.1) is 68.8 Å². The zero-order chi connectivity index (χ0) is 19.6. The Kier molecular flexibility index (Phi) is 11.5. The van der Waals surface area contributed by atoms with Gasteiger partial charge in [-0.1, -0.05) is 0 Å². The van der Waals surface area contributed by atoms with E-state index in [0.29, 0.717) is 0 Å². The van der Waals surface area contributed by atoms with Gasteiger partial charge in [0.2, 0.25) is 0 Å². The Morgan fingerprint density at radius 1 is 0.826 bits per heavy atom. The highest BCUT2D eigenvalue weighted by molar-refractivity contribution is 5.86. The molecule has 0 heterocycles. The summed E-state index contributed by atoms with van der Waals surface area (Å²) in [4.78, 5) is 30.2. The van der Waals surface area contributed by atoms with Gasteiger partial charge < -0.3 is 39.0 Å². The molecule has 0 aliphatic rings. The van der Waals surface area contributed by atoms with E-state index in [-0.39, 0.29) is 0 Å². The van der Waals surface area contributed by atoms with Crippen LogP contribution in [-0.4, -0.2) is 99.1 Å². The number of hydrogen-bond acceptors (Lipinski definition) is 6. The highest BCUT2D eigenvalue weighted by Crippen LogP contribution is 2.13. The Morgan fingerprint density at radius 3 is 1.22 bits per heavy atom. The van der Waals surface area contributed by atoms with E-state index in [2.05, 4.69) is 56.4 Å². The first kappa shape index (κ1) is 26.2. The van der Waals surface area contributed by atoms with E-state index < -0.39 is 36.4 Å². The van der Waals surface area contributed by atoms with E-state index in [4.69, 9.17) is 10.2 Å². The summed E-state index contributed by atoms with van der Waals surface area (Å²) >= 11 is 0. The lowest BCUT2D eigenvalue weighted by atomic mass is 9.96. The molecular formula is C14H30N2O7. The molecule has 2 N–H and O–H groups in total. The molecule has 0 saturated carbocycles. The van der Waals surface area contributed by atoms with Gasteiger partial charge in [-0.15, -0.1) is 0 Å². The minimum atomic E-state index is -2.91. The molecule has 0 radical (unpaired) electrons. The van der Waals surface area contributed by atoms with Crippen LogP contribution < -0.4 is 10.2 Å². The van der Waals surface area contributed by atoms with Crippen molar-refractivity contribution in [1.29, 1.82) is 0 Å². The Hall–Kier alpha value is -1.71. The average Bonchev–Trinajstić information content (AvgIpc) is 2.07. The van der Waals surface area contributed by atoms with Gasteiger partial charge in [0, 0.05) is 12.4 Å². The monoisotopic (exact) mass is 338 g/mol. The van der Waals surface area contributed by atoms with Crippen molar-refractivity contribution >= 4 is 17.9 Å². The molecule has 0 spiro atoms. The molecule has 0 aliphatic carbocycles. The fraction of sp³-hybridized carbons (Fsp3) is 0.786. The van der Waals surface area contributed by atoms with Gasteiger partial charge in [-0.25, -0.2) is 0 Å². The summed E-state index contributed by atoms with van der Waals surface area (Å²) in [6.07, 6.45) is -2.56. The number of rotatable bonds is 5. The van der Waals surface area contributed by atoms with E-state index in [1.165, 1.54) is 0 Å². The molecular weight excluding hydrogens is 308 g/mol. The number of nitrogens with zero attached hydrogens (tertiary/aromatic N) is 2. The van der Waals surface area contributed by atoms with Gasteiger partial charge in [0.25, 0.3) is 0 Å². The Balaban J connectivity index is -0.000000329. The van der Waals surface area contributed by atoms with Crippen LogP contribution in [0.4, 0.5) is 0 Å². The Morgan fingerprint density at radius 2 is 1.09 bits per heavy atom. The fourth-order valence-corrected chi connectivity index (χ4v) is 0.696. The molecule has 0 rings (SSSR count). The molecule has 9 nitrogen and oxygen atoms in total. The summed E-state index contributed by atoms with van der Waals surface area (Å²) in [5.74, 6) is -5.67. The van der Waals surface area contributed by atoms with E-state index in [0.717, 1.165) is 8.97 Å². The van der Waals surface area contributed by atoms with E-state index in [9.17, 15) is 24.6 Å². The van der Waals surface area contributed by atoms with Gasteiger partial charge in [-0.2, -0.15) is 0 Å². The third-order valence-corrected chi connectivity index (χ3v) is 1.26. The summed E-state index contributed by atoms with van der Waals surface area (Å²) in [5, 5.41) is 37.2. The molecule has 0 aromatic rings. The normalized spacial score (nSPS) is 13.4. The number of carbonyl (C=O) groups excluding carboxylic acids is 2. The van der Waals surface area contributed by atoms with Crippen molar-refractivity contribution in [3.63, 3.8) is 0 Å². The molecule has 23 heavy (non-hydrogen) atoms. The summed E-state index contributed by atoms with van der Waals surface area (Å²) in [5.41, 5.74) is -2.91. The van der Waals surface area contributed by atoms with Crippen molar-refractivity contribution in [2.75, 3.05) is 56.4 Å². The number of hydrogen-bond donors (Lipinski definition) is 2. The molecule has 0 aromatic carbocycles. The number of aliphatic hydroxyl groups is 1. The highest BCUT2D eigenvalue weighted by Gasteiger charge is 2.31.